The second-order valence-corrected chi connectivity index (χ2v) is 6.02. The maximum atomic E-state index is 11.5. The number of hydrogen-bond acceptors (Lipinski definition) is 3. The summed E-state index contributed by atoms with van der Waals surface area (Å²) < 4.78 is 5.57. The Morgan fingerprint density at radius 2 is 2.00 bits per heavy atom. The van der Waals surface area contributed by atoms with Crippen LogP contribution in [0.3, 0.4) is 0 Å². The van der Waals surface area contributed by atoms with E-state index in [1.165, 1.54) is 25.7 Å². The second kappa shape index (κ2) is 5.17. The maximum Gasteiger partial charge on any atom is 0.320 e. The molecule has 18 heavy (non-hydrogen) atoms. The Labute approximate surface area is 108 Å². The molecule has 0 aromatic heterocycles. The van der Waals surface area contributed by atoms with Crippen LogP contribution in [0.2, 0.25) is 0 Å². The van der Waals surface area contributed by atoms with Gasteiger partial charge in [0.15, 0.2) is 0 Å². The number of aliphatic carboxylic acids is 1. The maximum absolute atomic E-state index is 11.5. The number of hydrogen-bond donors (Lipinski definition) is 1. The lowest BCUT2D eigenvalue weighted by atomic mass is 9.84. The lowest BCUT2D eigenvalue weighted by Gasteiger charge is -2.40. The molecule has 0 aromatic carbocycles. The Bertz CT molecular complexity index is 314. The van der Waals surface area contributed by atoms with E-state index < -0.39 is 5.97 Å². The summed E-state index contributed by atoms with van der Waals surface area (Å²) in [6.07, 6.45) is 7.98. The number of nitrogens with zero attached hydrogens (tertiary/aromatic N) is 1. The average molecular weight is 253 g/mol. The molecule has 0 bridgehead atoms. The third-order valence-electron chi connectivity index (χ3n) is 4.98. The van der Waals surface area contributed by atoms with Gasteiger partial charge in [0, 0.05) is 18.7 Å². The first-order valence-corrected chi connectivity index (χ1v) is 7.35. The van der Waals surface area contributed by atoms with E-state index in [1.807, 2.05) is 0 Å². The highest BCUT2D eigenvalue weighted by Crippen LogP contribution is 2.41. The highest BCUT2D eigenvalue weighted by molar-refractivity contribution is 5.74. The Kier molecular flexibility index (Phi) is 3.57. The van der Waals surface area contributed by atoms with Gasteiger partial charge in [-0.3, -0.25) is 9.69 Å². The molecule has 2 aliphatic heterocycles. The predicted octanol–water partition coefficient (Wildman–Crippen LogP) is 1.88. The van der Waals surface area contributed by atoms with Crippen LogP contribution in [0.15, 0.2) is 0 Å². The fourth-order valence-corrected chi connectivity index (χ4v) is 4.21. The molecule has 0 amide bonds. The molecule has 1 saturated carbocycles. The van der Waals surface area contributed by atoms with Crippen molar-refractivity contribution in [3.05, 3.63) is 0 Å². The monoisotopic (exact) mass is 253 g/mol. The van der Waals surface area contributed by atoms with Crippen molar-refractivity contribution >= 4 is 5.97 Å². The van der Waals surface area contributed by atoms with Crippen LogP contribution in [0.5, 0.6) is 0 Å². The summed E-state index contributed by atoms with van der Waals surface area (Å²) in [5.41, 5.74) is 0. The van der Waals surface area contributed by atoms with E-state index in [2.05, 4.69) is 4.90 Å². The molecule has 0 spiro atoms. The minimum atomic E-state index is -0.630. The van der Waals surface area contributed by atoms with Crippen LogP contribution in [0, 0.1) is 5.92 Å². The molecule has 4 unspecified atom stereocenters. The quantitative estimate of drug-likeness (QED) is 0.816. The molecule has 0 aromatic rings. The van der Waals surface area contributed by atoms with Gasteiger partial charge in [-0.05, 0) is 38.0 Å². The van der Waals surface area contributed by atoms with Crippen LogP contribution in [0.1, 0.15) is 44.9 Å². The summed E-state index contributed by atoms with van der Waals surface area (Å²) in [5.74, 6) is -0.0169. The number of ether oxygens (including phenoxy) is 1. The van der Waals surface area contributed by atoms with Crippen molar-refractivity contribution < 1.29 is 14.6 Å². The summed E-state index contributed by atoms with van der Waals surface area (Å²) in [4.78, 5) is 13.8. The molecule has 102 valence electrons. The third kappa shape index (κ3) is 2.16. The molecule has 2 heterocycles. The largest absolute Gasteiger partial charge is 0.480 e. The fourth-order valence-electron chi connectivity index (χ4n) is 4.21. The van der Waals surface area contributed by atoms with E-state index >= 15 is 0 Å². The van der Waals surface area contributed by atoms with Crippen molar-refractivity contribution in [2.45, 2.75) is 63.1 Å². The molecule has 3 aliphatic rings. The molecular weight excluding hydrogens is 230 g/mol. The van der Waals surface area contributed by atoms with E-state index in [1.54, 1.807) is 0 Å². The highest BCUT2D eigenvalue weighted by atomic mass is 16.5. The first-order chi connectivity index (χ1) is 8.77. The Hall–Kier alpha value is -0.610. The lowest BCUT2D eigenvalue weighted by Crippen LogP contribution is -2.51. The van der Waals surface area contributed by atoms with Gasteiger partial charge in [-0.25, -0.2) is 0 Å². The van der Waals surface area contributed by atoms with Crippen LogP contribution in [-0.2, 0) is 9.53 Å². The van der Waals surface area contributed by atoms with E-state index in [4.69, 9.17) is 4.74 Å². The lowest BCUT2D eigenvalue weighted by molar-refractivity contribution is -0.145. The van der Waals surface area contributed by atoms with Gasteiger partial charge >= 0.3 is 5.97 Å². The molecule has 4 heteroatoms. The molecule has 1 aliphatic carbocycles. The zero-order chi connectivity index (χ0) is 12.5. The number of carboxylic acids is 1. The van der Waals surface area contributed by atoms with Crippen molar-refractivity contribution in [1.29, 1.82) is 0 Å². The first-order valence-electron chi connectivity index (χ1n) is 7.35. The second-order valence-electron chi connectivity index (χ2n) is 6.02. The summed E-state index contributed by atoms with van der Waals surface area (Å²) in [7, 11) is 0. The molecule has 3 rings (SSSR count). The van der Waals surface area contributed by atoms with Gasteiger partial charge in [-0.15, -0.1) is 0 Å². The minimum absolute atomic E-state index is 0.259. The number of carbonyl (C=O) groups is 1. The normalized spacial score (nSPS) is 41.6. The molecule has 0 radical (unpaired) electrons. The average Bonchev–Trinajstić information content (AvgIpc) is 2.79. The molecular formula is C14H23NO3. The Balaban J connectivity index is 1.79. The minimum Gasteiger partial charge on any atom is -0.480 e. The van der Waals surface area contributed by atoms with Crippen LogP contribution in [-0.4, -0.2) is 47.3 Å². The van der Waals surface area contributed by atoms with Gasteiger partial charge in [-0.2, -0.15) is 0 Å². The van der Waals surface area contributed by atoms with E-state index in [-0.39, 0.29) is 6.04 Å². The molecule has 4 nitrogen and oxygen atoms in total. The number of fused-ring (bicyclic) bond motifs is 1. The molecule has 2 saturated heterocycles. The van der Waals surface area contributed by atoms with E-state index in [9.17, 15) is 9.90 Å². The van der Waals surface area contributed by atoms with Gasteiger partial charge < -0.3 is 9.84 Å². The smallest absolute Gasteiger partial charge is 0.320 e. The van der Waals surface area contributed by atoms with Crippen molar-refractivity contribution in [2.75, 3.05) is 13.2 Å². The summed E-state index contributed by atoms with van der Waals surface area (Å²) in [6.45, 7) is 1.57. The Morgan fingerprint density at radius 1 is 1.17 bits per heavy atom. The van der Waals surface area contributed by atoms with Crippen molar-refractivity contribution in [3.63, 3.8) is 0 Å². The van der Waals surface area contributed by atoms with Crippen LogP contribution in [0.25, 0.3) is 0 Å². The van der Waals surface area contributed by atoms with Gasteiger partial charge in [-0.1, -0.05) is 12.8 Å². The van der Waals surface area contributed by atoms with Crippen LogP contribution >= 0.6 is 0 Å². The van der Waals surface area contributed by atoms with Gasteiger partial charge in [0.25, 0.3) is 0 Å². The Morgan fingerprint density at radius 3 is 2.72 bits per heavy atom. The topological polar surface area (TPSA) is 49.8 Å². The highest BCUT2D eigenvalue weighted by Gasteiger charge is 2.48. The SMILES string of the molecule is O=C(O)C1CC2CCCCC2N1C1CCCOC1. The van der Waals surface area contributed by atoms with Crippen molar-refractivity contribution in [2.24, 2.45) is 5.92 Å². The van der Waals surface area contributed by atoms with Gasteiger partial charge in [0.2, 0.25) is 0 Å². The van der Waals surface area contributed by atoms with E-state index in [0.717, 1.165) is 32.5 Å². The predicted molar refractivity (Wildman–Crippen MR) is 67.5 cm³/mol. The number of carboxylic acid groups (broad SMARTS) is 1. The summed E-state index contributed by atoms with van der Waals surface area (Å²) >= 11 is 0. The standard InChI is InChI=1S/C14H23NO3/c16-14(17)13-8-10-4-1-2-6-12(10)15(13)11-5-3-7-18-9-11/h10-13H,1-9H2,(H,16,17). The third-order valence-corrected chi connectivity index (χ3v) is 4.98. The van der Waals surface area contributed by atoms with Gasteiger partial charge in [0.05, 0.1) is 6.61 Å². The van der Waals surface area contributed by atoms with Crippen LogP contribution in [0.4, 0.5) is 0 Å². The van der Waals surface area contributed by atoms with E-state index in [0.29, 0.717) is 18.0 Å². The number of likely N-dealkylation sites (tertiary alicyclic amines) is 1. The molecule has 4 atom stereocenters. The van der Waals surface area contributed by atoms with Crippen molar-refractivity contribution in [3.8, 4) is 0 Å². The summed E-state index contributed by atoms with van der Waals surface area (Å²) in [6, 6.07) is 0.587. The summed E-state index contributed by atoms with van der Waals surface area (Å²) in [5, 5.41) is 9.48. The van der Waals surface area contributed by atoms with Gasteiger partial charge in [0.1, 0.15) is 6.04 Å². The first kappa shape index (κ1) is 12.4. The van der Waals surface area contributed by atoms with Crippen LogP contribution < -0.4 is 0 Å². The number of rotatable bonds is 2. The van der Waals surface area contributed by atoms with Crippen molar-refractivity contribution in [1.82, 2.24) is 4.90 Å². The zero-order valence-corrected chi connectivity index (χ0v) is 10.9. The fraction of sp³-hybridized carbons (Fsp3) is 0.929. The molecule has 3 fully saturated rings. The zero-order valence-electron chi connectivity index (χ0n) is 10.9. The molecule has 1 N–H and O–H groups in total.